The van der Waals surface area contributed by atoms with Gasteiger partial charge in [-0.15, -0.1) is 0 Å². The second-order valence-electron chi connectivity index (χ2n) is 4.73. The Labute approximate surface area is 112 Å². The van der Waals surface area contributed by atoms with Crippen molar-refractivity contribution in [3.05, 3.63) is 30.1 Å². The van der Waals surface area contributed by atoms with Gasteiger partial charge in [-0.2, -0.15) is 0 Å². The first kappa shape index (κ1) is 13.8. The lowest BCUT2D eigenvalue weighted by Gasteiger charge is -2.27. The lowest BCUT2D eigenvalue weighted by molar-refractivity contribution is 0.121. The van der Waals surface area contributed by atoms with Crippen LogP contribution in [0.4, 0.5) is 4.79 Å². The summed E-state index contributed by atoms with van der Waals surface area (Å²) in [7, 11) is 1.72. The summed E-state index contributed by atoms with van der Waals surface area (Å²) in [6.45, 7) is 2.56. The fourth-order valence-electron chi connectivity index (χ4n) is 1.98. The van der Waals surface area contributed by atoms with Gasteiger partial charge < -0.3 is 20.1 Å². The lowest BCUT2D eigenvalue weighted by atomic mass is 10.1. The van der Waals surface area contributed by atoms with Crippen LogP contribution in [0.5, 0.6) is 0 Å². The number of carbonyl (C=O) groups excluding carboxylic acids is 1. The summed E-state index contributed by atoms with van der Waals surface area (Å²) in [6, 6.07) is 3.13. The van der Waals surface area contributed by atoms with Crippen molar-refractivity contribution in [3.63, 3.8) is 0 Å². The van der Waals surface area contributed by atoms with E-state index in [1.807, 2.05) is 19.1 Å². The molecular formula is C13H19N3O3. The molecule has 2 amide bonds. The zero-order valence-corrected chi connectivity index (χ0v) is 11.1. The predicted molar refractivity (Wildman–Crippen MR) is 69.6 cm³/mol. The van der Waals surface area contributed by atoms with E-state index in [1.165, 1.54) is 0 Å². The maximum atomic E-state index is 12.1. The molecule has 1 fully saturated rings. The minimum Gasteiger partial charge on any atom is -0.388 e. The zero-order chi connectivity index (χ0) is 13.8. The molecule has 1 aromatic rings. The number of hydrogen-bond donors (Lipinski definition) is 2. The highest BCUT2D eigenvalue weighted by molar-refractivity contribution is 5.74. The van der Waals surface area contributed by atoms with E-state index in [9.17, 15) is 9.90 Å². The number of carbonyl (C=O) groups is 1. The first-order valence-corrected chi connectivity index (χ1v) is 6.28. The Morgan fingerprint density at radius 3 is 2.79 bits per heavy atom. The molecule has 1 saturated heterocycles. The van der Waals surface area contributed by atoms with Crippen LogP contribution in [0.3, 0.4) is 0 Å². The highest BCUT2D eigenvalue weighted by Crippen LogP contribution is 2.18. The number of hydrogen-bond acceptors (Lipinski definition) is 4. The van der Waals surface area contributed by atoms with Gasteiger partial charge in [-0.1, -0.05) is 0 Å². The largest absolute Gasteiger partial charge is 0.388 e. The summed E-state index contributed by atoms with van der Waals surface area (Å²) < 4.78 is 5.10. The van der Waals surface area contributed by atoms with Gasteiger partial charge in [-0.25, -0.2) is 4.79 Å². The van der Waals surface area contributed by atoms with E-state index < -0.39 is 6.10 Å². The average Bonchev–Trinajstić information content (AvgIpc) is 2.83. The fourth-order valence-corrected chi connectivity index (χ4v) is 1.98. The minimum atomic E-state index is -0.631. The first-order chi connectivity index (χ1) is 9.09. The number of amides is 2. The Kier molecular flexibility index (Phi) is 4.34. The molecule has 6 nitrogen and oxygen atoms in total. The Hall–Kier alpha value is -1.66. The van der Waals surface area contributed by atoms with Crippen LogP contribution in [0.1, 0.15) is 18.5 Å². The molecule has 0 unspecified atom stereocenters. The summed E-state index contributed by atoms with van der Waals surface area (Å²) in [6.07, 6.45) is 2.77. The first-order valence-electron chi connectivity index (χ1n) is 6.28. The molecule has 0 radical (unpaired) electrons. The second kappa shape index (κ2) is 5.99. The Morgan fingerprint density at radius 1 is 1.53 bits per heavy atom. The van der Waals surface area contributed by atoms with Gasteiger partial charge in [0.2, 0.25) is 0 Å². The van der Waals surface area contributed by atoms with Gasteiger partial charge in [-0.05, 0) is 24.6 Å². The smallest absolute Gasteiger partial charge is 0.318 e. The number of pyridine rings is 1. The Bertz CT molecular complexity index is 426. The van der Waals surface area contributed by atoms with Gasteiger partial charge in [0, 0.05) is 19.4 Å². The topological polar surface area (TPSA) is 74.7 Å². The monoisotopic (exact) mass is 265 g/mol. The van der Waals surface area contributed by atoms with Crippen LogP contribution in [0.15, 0.2) is 24.5 Å². The predicted octanol–water partition coefficient (Wildman–Crippen LogP) is 0.544. The number of aliphatic hydroxyl groups excluding tert-OH is 1. The van der Waals surface area contributed by atoms with E-state index in [4.69, 9.17) is 4.74 Å². The SMILES string of the molecule is C[C@@H](c1ccncc1)N(C)C(=O)N[C@@H]1COC[C@H]1O. The molecule has 0 aromatic carbocycles. The van der Waals surface area contributed by atoms with Crippen molar-refractivity contribution < 1.29 is 14.6 Å². The number of rotatable bonds is 3. The fraction of sp³-hybridized carbons (Fsp3) is 0.538. The molecule has 2 heterocycles. The van der Waals surface area contributed by atoms with Crippen molar-refractivity contribution >= 4 is 6.03 Å². The summed E-state index contributed by atoms with van der Waals surface area (Å²) >= 11 is 0. The van der Waals surface area contributed by atoms with E-state index in [0.717, 1.165) is 5.56 Å². The lowest BCUT2D eigenvalue weighted by Crippen LogP contribution is -2.48. The summed E-state index contributed by atoms with van der Waals surface area (Å²) in [5.74, 6) is 0. The van der Waals surface area contributed by atoms with Crippen LogP contribution in [0.25, 0.3) is 0 Å². The molecule has 104 valence electrons. The van der Waals surface area contributed by atoms with Crippen molar-refractivity contribution in [1.82, 2.24) is 15.2 Å². The van der Waals surface area contributed by atoms with Crippen molar-refractivity contribution in [2.75, 3.05) is 20.3 Å². The quantitative estimate of drug-likeness (QED) is 0.836. The van der Waals surface area contributed by atoms with Gasteiger partial charge in [0.25, 0.3) is 0 Å². The van der Waals surface area contributed by atoms with Crippen molar-refractivity contribution in [2.45, 2.75) is 25.1 Å². The van der Waals surface area contributed by atoms with Crippen LogP contribution >= 0.6 is 0 Å². The third kappa shape index (κ3) is 3.21. The normalized spacial score (nSPS) is 23.9. The maximum Gasteiger partial charge on any atom is 0.318 e. The van der Waals surface area contributed by atoms with Crippen molar-refractivity contribution in [1.29, 1.82) is 0 Å². The third-order valence-corrected chi connectivity index (χ3v) is 3.45. The highest BCUT2D eigenvalue weighted by Gasteiger charge is 2.29. The summed E-state index contributed by atoms with van der Waals surface area (Å²) in [5.41, 5.74) is 1.01. The van der Waals surface area contributed by atoms with Crippen LogP contribution < -0.4 is 5.32 Å². The molecule has 0 saturated carbocycles. The van der Waals surface area contributed by atoms with Crippen LogP contribution in [-0.4, -0.2) is 53.4 Å². The van der Waals surface area contributed by atoms with E-state index in [2.05, 4.69) is 10.3 Å². The minimum absolute atomic E-state index is 0.0672. The van der Waals surface area contributed by atoms with Gasteiger partial charge in [0.1, 0.15) is 0 Å². The van der Waals surface area contributed by atoms with Crippen LogP contribution in [0.2, 0.25) is 0 Å². The highest BCUT2D eigenvalue weighted by atomic mass is 16.5. The van der Waals surface area contributed by atoms with E-state index in [-0.39, 0.29) is 24.7 Å². The van der Waals surface area contributed by atoms with E-state index in [1.54, 1.807) is 24.3 Å². The molecule has 0 aliphatic carbocycles. The second-order valence-corrected chi connectivity index (χ2v) is 4.73. The standard InChI is InChI=1S/C13H19N3O3/c1-9(10-3-5-14-6-4-10)16(2)13(18)15-11-7-19-8-12(11)17/h3-6,9,11-12,17H,7-8H2,1-2H3,(H,15,18)/t9-,11+,12+/m0/s1. The molecule has 2 rings (SSSR count). The number of aromatic nitrogens is 1. The molecule has 1 aliphatic heterocycles. The Morgan fingerprint density at radius 2 is 2.21 bits per heavy atom. The molecule has 3 atom stereocenters. The number of aliphatic hydroxyl groups is 1. The van der Waals surface area contributed by atoms with E-state index >= 15 is 0 Å². The molecule has 6 heteroatoms. The summed E-state index contributed by atoms with van der Waals surface area (Å²) in [5, 5.41) is 12.4. The number of urea groups is 1. The molecule has 2 N–H and O–H groups in total. The van der Waals surface area contributed by atoms with Crippen LogP contribution in [-0.2, 0) is 4.74 Å². The van der Waals surface area contributed by atoms with Crippen LogP contribution in [0, 0.1) is 0 Å². The maximum absolute atomic E-state index is 12.1. The number of nitrogens with one attached hydrogen (secondary N) is 1. The average molecular weight is 265 g/mol. The van der Waals surface area contributed by atoms with Gasteiger partial charge in [0.15, 0.2) is 0 Å². The Balaban J connectivity index is 1.95. The van der Waals surface area contributed by atoms with Gasteiger partial charge in [0.05, 0.1) is 31.4 Å². The van der Waals surface area contributed by atoms with Crippen molar-refractivity contribution in [3.8, 4) is 0 Å². The molecular weight excluding hydrogens is 246 g/mol. The van der Waals surface area contributed by atoms with Gasteiger partial charge in [-0.3, -0.25) is 4.98 Å². The van der Waals surface area contributed by atoms with E-state index in [0.29, 0.717) is 6.61 Å². The summed E-state index contributed by atoms with van der Waals surface area (Å²) in [4.78, 5) is 17.6. The zero-order valence-electron chi connectivity index (χ0n) is 11.1. The number of nitrogens with zero attached hydrogens (tertiary/aromatic N) is 2. The molecule has 19 heavy (non-hydrogen) atoms. The third-order valence-electron chi connectivity index (χ3n) is 3.45. The molecule has 1 aliphatic rings. The van der Waals surface area contributed by atoms with Gasteiger partial charge >= 0.3 is 6.03 Å². The molecule has 0 bridgehead atoms. The number of ether oxygens (including phenoxy) is 1. The van der Waals surface area contributed by atoms with Crippen molar-refractivity contribution in [2.24, 2.45) is 0 Å². The molecule has 0 spiro atoms. The molecule has 1 aromatic heterocycles.